The fraction of sp³-hybridized carbons (Fsp3) is 0.600. The van der Waals surface area contributed by atoms with Gasteiger partial charge in [-0.3, -0.25) is 0 Å². The molecule has 1 aromatic rings. The standard InChI is InChI=1S/C10H15N3S/c1-11-10(9-7-12-14-13-9)8-5-3-2-4-6-8/h5,7,10-11H,2-4,6H2,1H3. The van der Waals surface area contributed by atoms with Crippen LogP contribution in [0.1, 0.15) is 37.4 Å². The van der Waals surface area contributed by atoms with Gasteiger partial charge in [-0.2, -0.15) is 8.75 Å². The van der Waals surface area contributed by atoms with Crippen LogP contribution in [-0.2, 0) is 0 Å². The molecule has 0 bridgehead atoms. The van der Waals surface area contributed by atoms with Crippen LogP contribution in [0, 0.1) is 0 Å². The Hall–Kier alpha value is -0.740. The number of likely N-dealkylation sites (N-methyl/N-ethyl adjacent to an activating group) is 1. The molecule has 14 heavy (non-hydrogen) atoms. The van der Waals surface area contributed by atoms with E-state index in [4.69, 9.17) is 0 Å². The summed E-state index contributed by atoms with van der Waals surface area (Å²) >= 11 is 1.28. The third-order valence-corrected chi connectivity index (χ3v) is 3.15. The molecule has 3 nitrogen and oxygen atoms in total. The van der Waals surface area contributed by atoms with Gasteiger partial charge in [0.25, 0.3) is 0 Å². The van der Waals surface area contributed by atoms with E-state index in [1.54, 1.807) is 0 Å². The van der Waals surface area contributed by atoms with Crippen molar-refractivity contribution in [3.05, 3.63) is 23.5 Å². The molecule has 4 heteroatoms. The van der Waals surface area contributed by atoms with Crippen LogP contribution in [0.15, 0.2) is 17.8 Å². The van der Waals surface area contributed by atoms with Gasteiger partial charge in [-0.25, -0.2) is 0 Å². The van der Waals surface area contributed by atoms with Crippen molar-refractivity contribution >= 4 is 11.7 Å². The monoisotopic (exact) mass is 209 g/mol. The van der Waals surface area contributed by atoms with Crippen molar-refractivity contribution in [3.8, 4) is 0 Å². The van der Waals surface area contributed by atoms with E-state index in [-0.39, 0.29) is 6.04 Å². The fourth-order valence-corrected chi connectivity index (χ4v) is 2.40. The van der Waals surface area contributed by atoms with E-state index in [1.807, 2.05) is 13.2 Å². The molecule has 0 radical (unpaired) electrons. The average molecular weight is 209 g/mol. The number of nitrogens with zero attached hydrogens (tertiary/aromatic N) is 2. The van der Waals surface area contributed by atoms with Crippen molar-refractivity contribution < 1.29 is 0 Å². The van der Waals surface area contributed by atoms with Crippen LogP contribution in [0.3, 0.4) is 0 Å². The smallest absolute Gasteiger partial charge is 0.0954 e. The van der Waals surface area contributed by atoms with E-state index < -0.39 is 0 Å². The Labute approximate surface area is 88.6 Å². The number of aromatic nitrogens is 2. The number of nitrogens with one attached hydrogen (secondary N) is 1. The second-order valence-corrected chi connectivity index (χ2v) is 4.14. The summed E-state index contributed by atoms with van der Waals surface area (Å²) < 4.78 is 8.34. The van der Waals surface area contributed by atoms with E-state index in [0.29, 0.717) is 0 Å². The molecule has 0 saturated carbocycles. The number of hydrogen-bond acceptors (Lipinski definition) is 4. The molecule has 1 aromatic heterocycles. The van der Waals surface area contributed by atoms with Crippen molar-refractivity contribution in [2.24, 2.45) is 0 Å². The van der Waals surface area contributed by atoms with Gasteiger partial charge in [-0.1, -0.05) is 11.6 Å². The topological polar surface area (TPSA) is 37.8 Å². The third kappa shape index (κ3) is 2.01. The van der Waals surface area contributed by atoms with E-state index in [2.05, 4.69) is 20.1 Å². The Balaban J connectivity index is 2.16. The molecule has 2 rings (SSSR count). The van der Waals surface area contributed by atoms with Gasteiger partial charge in [0.15, 0.2) is 0 Å². The van der Waals surface area contributed by atoms with Crippen LogP contribution < -0.4 is 5.32 Å². The summed E-state index contributed by atoms with van der Waals surface area (Å²) in [4.78, 5) is 0. The average Bonchev–Trinajstić information content (AvgIpc) is 2.74. The van der Waals surface area contributed by atoms with Crippen molar-refractivity contribution in [3.63, 3.8) is 0 Å². The summed E-state index contributed by atoms with van der Waals surface area (Å²) in [7, 11) is 1.99. The molecule has 1 N–H and O–H groups in total. The largest absolute Gasteiger partial charge is 0.308 e. The minimum atomic E-state index is 0.286. The predicted octanol–water partition coefficient (Wildman–Crippen LogP) is 2.30. The molecule has 76 valence electrons. The van der Waals surface area contributed by atoms with Gasteiger partial charge in [0, 0.05) is 0 Å². The summed E-state index contributed by atoms with van der Waals surface area (Å²) in [5.41, 5.74) is 2.54. The molecule has 0 spiro atoms. The lowest BCUT2D eigenvalue weighted by Gasteiger charge is -2.20. The van der Waals surface area contributed by atoms with Crippen molar-refractivity contribution in [1.29, 1.82) is 0 Å². The van der Waals surface area contributed by atoms with Gasteiger partial charge in [-0.15, -0.1) is 0 Å². The Morgan fingerprint density at radius 2 is 2.43 bits per heavy atom. The first-order valence-electron chi connectivity index (χ1n) is 5.05. The van der Waals surface area contributed by atoms with Gasteiger partial charge in [-0.05, 0) is 32.7 Å². The second kappa shape index (κ2) is 4.66. The predicted molar refractivity (Wildman–Crippen MR) is 58.3 cm³/mol. The highest BCUT2D eigenvalue weighted by Crippen LogP contribution is 2.28. The van der Waals surface area contributed by atoms with E-state index in [1.165, 1.54) is 43.0 Å². The Kier molecular flexibility index (Phi) is 3.26. The van der Waals surface area contributed by atoms with Crippen molar-refractivity contribution in [2.45, 2.75) is 31.7 Å². The molecule has 0 fully saturated rings. The number of hydrogen-bond donors (Lipinski definition) is 1. The molecular formula is C10H15N3S. The minimum absolute atomic E-state index is 0.286. The van der Waals surface area contributed by atoms with Crippen LogP contribution in [0.25, 0.3) is 0 Å². The molecule has 0 saturated heterocycles. The summed E-state index contributed by atoms with van der Waals surface area (Å²) in [5, 5.41) is 3.31. The van der Waals surface area contributed by atoms with E-state index >= 15 is 0 Å². The number of allylic oxidation sites excluding steroid dienone is 1. The maximum absolute atomic E-state index is 4.29. The molecule has 1 aliphatic carbocycles. The molecule has 0 aliphatic heterocycles. The first-order valence-corrected chi connectivity index (χ1v) is 5.78. The molecular weight excluding hydrogens is 194 g/mol. The summed E-state index contributed by atoms with van der Waals surface area (Å²) in [5.74, 6) is 0. The zero-order valence-corrected chi connectivity index (χ0v) is 9.18. The molecule has 1 heterocycles. The molecule has 0 aromatic carbocycles. The van der Waals surface area contributed by atoms with E-state index in [9.17, 15) is 0 Å². The molecule has 1 aliphatic rings. The zero-order chi connectivity index (χ0) is 9.80. The van der Waals surface area contributed by atoms with Gasteiger partial charge in [0.1, 0.15) is 0 Å². The third-order valence-electron chi connectivity index (χ3n) is 2.66. The highest BCUT2D eigenvalue weighted by molar-refractivity contribution is 6.99. The lowest BCUT2D eigenvalue weighted by atomic mass is 9.92. The highest BCUT2D eigenvalue weighted by atomic mass is 32.1. The zero-order valence-electron chi connectivity index (χ0n) is 8.36. The Morgan fingerprint density at radius 3 is 3.00 bits per heavy atom. The minimum Gasteiger partial charge on any atom is -0.308 e. The summed E-state index contributed by atoms with van der Waals surface area (Å²) in [6.45, 7) is 0. The SMILES string of the molecule is CNC(C1=CCCCC1)c1cnsn1. The lowest BCUT2D eigenvalue weighted by Crippen LogP contribution is -2.20. The van der Waals surface area contributed by atoms with Crippen molar-refractivity contribution in [2.75, 3.05) is 7.05 Å². The highest BCUT2D eigenvalue weighted by Gasteiger charge is 2.18. The van der Waals surface area contributed by atoms with Gasteiger partial charge < -0.3 is 5.32 Å². The quantitative estimate of drug-likeness (QED) is 0.776. The fourth-order valence-electron chi connectivity index (χ4n) is 1.95. The Morgan fingerprint density at radius 1 is 1.50 bits per heavy atom. The first kappa shape index (κ1) is 9.80. The van der Waals surface area contributed by atoms with Crippen LogP contribution in [0.5, 0.6) is 0 Å². The molecule has 0 amide bonds. The molecule has 1 atom stereocenters. The maximum atomic E-state index is 4.29. The summed E-state index contributed by atoms with van der Waals surface area (Å²) in [6.07, 6.45) is 9.26. The van der Waals surface area contributed by atoms with Gasteiger partial charge in [0.05, 0.1) is 29.7 Å². The summed E-state index contributed by atoms with van der Waals surface area (Å²) in [6, 6.07) is 0.286. The Bertz CT molecular complexity index is 305. The second-order valence-electron chi connectivity index (χ2n) is 3.58. The van der Waals surface area contributed by atoms with Crippen molar-refractivity contribution in [1.82, 2.24) is 14.1 Å². The number of rotatable bonds is 3. The lowest BCUT2D eigenvalue weighted by molar-refractivity contribution is 0.586. The normalized spacial score (nSPS) is 19.1. The van der Waals surface area contributed by atoms with Crippen LogP contribution in [-0.4, -0.2) is 15.8 Å². The maximum Gasteiger partial charge on any atom is 0.0954 e. The van der Waals surface area contributed by atoms with Gasteiger partial charge >= 0.3 is 0 Å². The van der Waals surface area contributed by atoms with Crippen LogP contribution in [0.2, 0.25) is 0 Å². The van der Waals surface area contributed by atoms with Gasteiger partial charge in [0.2, 0.25) is 0 Å². The molecule has 1 unspecified atom stereocenters. The van der Waals surface area contributed by atoms with Crippen LogP contribution >= 0.6 is 11.7 Å². The first-order chi connectivity index (χ1) is 6.92. The van der Waals surface area contributed by atoms with Crippen LogP contribution in [0.4, 0.5) is 0 Å². The van der Waals surface area contributed by atoms with E-state index in [0.717, 1.165) is 5.69 Å².